The van der Waals surface area contributed by atoms with E-state index in [1.165, 1.54) is 4.90 Å². The van der Waals surface area contributed by atoms with E-state index in [-0.39, 0.29) is 69.6 Å². The lowest BCUT2D eigenvalue weighted by Crippen LogP contribution is -2.70. The molecule has 5 aromatic rings. The van der Waals surface area contributed by atoms with Gasteiger partial charge in [-0.05, 0) is 95.3 Å². The van der Waals surface area contributed by atoms with Crippen LogP contribution >= 0.6 is 23.4 Å². The highest BCUT2D eigenvalue weighted by molar-refractivity contribution is 7.99. The van der Waals surface area contributed by atoms with E-state index in [1.54, 1.807) is 22.7 Å². The van der Waals surface area contributed by atoms with E-state index >= 15 is 0 Å². The number of ether oxygens (including phenoxy) is 4. The maximum absolute atomic E-state index is 14.9. The van der Waals surface area contributed by atoms with Crippen LogP contribution in [0.25, 0.3) is 10.8 Å². The number of carbonyl (C=O) groups is 1. The maximum atomic E-state index is 14.9. The molecule has 1 aliphatic heterocycles. The largest absolute Gasteiger partial charge is 0.493 e. The summed E-state index contributed by atoms with van der Waals surface area (Å²) < 4.78 is 27.2. The number of hydrogen-bond donors (Lipinski definition) is 2. The molecule has 1 amide bonds. The number of unbranched alkanes of at least 4 members (excludes halogenated alkanes) is 2. The molecule has 0 spiro atoms. The lowest BCUT2D eigenvalue weighted by atomic mass is 9.55. The Hall–Kier alpha value is -5.30. The van der Waals surface area contributed by atoms with E-state index < -0.39 is 23.8 Å². The van der Waals surface area contributed by atoms with Gasteiger partial charge in [0.2, 0.25) is 5.79 Å². The molecule has 10 nitrogen and oxygen atoms in total. The van der Waals surface area contributed by atoms with Gasteiger partial charge in [-0.1, -0.05) is 121 Å². The van der Waals surface area contributed by atoms with Crippen molar-refractivity contribution in [2.45, 2.75) is 80.7 Å². The Labute approximate surface area is 409 Å². The Kier molecular flexibility index (Phi) is 17.6. The minimum absolute atomic E-state index is 0.0107. The molecular formula is C56H63ClN2O8S. The zero-order chi connectivity index (χ0) is 47.1. The molecule has 12 heteroatoms. The fourth-order valence-electron chi connectivity index (χ4n) is 10.5. The number of rotatable bonds is 24. The SMILES string of the molecule is C=CCOC12Oc3ccc(OCCSc4ccccc4)cc3C3C(CCCCO)C(CCCCO)C=C(C(=NOCc4ccccc4)CC1N(Cc1cccc4ccccc14)C(=O)OCCCl)C32. The molecule has 8 rings (SSSR count). The second-order valence-electron chi connectivity index (χ2n) is 17.6. The summed E-state index contributed by atoms with van der Waals surface area (Å²) in [6, 6.07) is 39.8. The fourth-order valence-corrected chi connectivity index (χ4v) is 11.3. The number of thioether (sulfide) groups is 1. The number of oxime groups is 1. The number of aliphatic hydroxyl groups is 2. The van der Waals surface area contributed by atoms with Gasteiger partial charge in [0.15, 0.2) is 0 Å². The van der Waals surface area contributed by atoms with Crippen molar-refractivity contribution in [3.05, 3.63) is 162 Å². The summed E-state index contributed by atoms with van der Waals surface area (Å²) in [7, 11) is 0. The van der Waals surface area contributed by atoms with Crippen LogP contribution in [0.1, 0.15) is 67.6 Å². The number of halogens is 1. The second-order valence-corrected chi connectivity index (χ2v) is 19.2. The van der Waals surface area contributed by atoms with Crippen molar-refractivity contribution in [2.24, 2.45) is 22.9 Å². The molecule has 68 heavy (non-hydrogen) atoms. The van der Waals surface area contributed by atoms with Crippen LogP contribution in [0.15, 0.2) is 156 Å². The molecule has 1 saturated carbocycles. The van der Waals surface area contributed by atoms with Gasteiger partial charge < -0.3 is 34.0 Å². The molecule has 0 radical (unpaired) electrons. The van der Waals surface area contributed by atoms with Gasteiger partial charge in [0, 0.05) is 41.8 Å². The zero-order valence-electron chi connectivity index (χ0n) is 38.6. The molecule has 2 N–H and O–H groups in total. The standard InChI is InChI=1S/C56H63ClN2O8S/c1-2-31-65-56-52(59(55(62)64-32-28-57)38-43-21-15-20-41-18-9-10-24-46(41)43)37-50(58-66-39-40-16-5-3-6-17-40)48-35-42(19-11-13-29-60)47(25-12-14-30-61)53(54(48)56)49-36-44(26-27-51(49)67-56)63-33-34-68-45-22-7-4-8-23-45/h2-10,15-18,20-24,26-27,35-36,42,47,52-54,60-61H,1,11-14,19,25,28-34,37-39H2. The Balaban J connectivity index is 1.30. The Morgan fingerprint density at radius 2 is 1.65 bits per heavy atom. The summed E-state index contributed by atoms with van der Waals surface area (Å²) in [5, 5.41) is 27.2. The molecule has 0 aromatic heterocycles. The lowest BCUT2D eigenvalue weighted by Gasteiger charge is -2.59. The van der Waals surface area contributed by atoms with Gasteiger partial charge in [-0.3, -0.25) is 4.90 Å². The molecule has 6 atom stereocenters. The summed E-state index contributed by atoms with van der Waals surface area (Å²) in [5.74, 6) is 0.204. The third-order valence-corrected chi connectivity index (χ3v) is 14.5. The predicted molar refractivity (Wildman–Crippen MR) is 270 cm³/mol. The highest BCUT2D eigenvalue weighted by atomic mass is 35.5. The number of fused-ring (bicyclic) bond motifs is 3. The van der Waals surface area contributed by atoms with Crippen LogP contribution in [-0.4, -0.2) is 83.4 Å². The first kappa shape index (κ1) is 49.1. The molecular weight excluding hydrogens is 896 g/mol. The number of hydrogen-bond acceptors (Lipinski definition) is 10. The summed E-state index contributed by atoms with van der Waals surface area (Å²) in [4.78, 5) is 24.1. The van der Waals surface area contributed by atoms with Crippen molar-refractivity contribution in [3.8, 4) is 11.5 Å². The van der Waals surface area contributed by atoms with Gasteiger partial charge in [0.25, 0.3) is 0 Å². The van der Waals surface area contributed by atoms with E-state index in [1.807, 2.05) is 84.9 Å². The molecule has 358 valence electrons. The number of nitrogens with zero attached hydrogens (tertiary/aromatic N) is 2. The Morgan fingerprint density at radius 3 is 2.43 bits per heavy atom. The number of aliphatic hydroxyl groups excluding tert-OH is 2. The van der Waals surface area contributed by atoms with Gasteiger partial charge in [-0.15, -0.1) is 29.9 Å². The lowest BCUT2D eigenvalue weighted by molar-refractivity contribution is -0.256. The third kappa shape index (κ3) is 11.4. The number of amides is 1. The first-order valence-electron chi connectivity index (χ1n) is 24.0. The third-order valence-electron chi connectivity index (χ3n) is 13.4. The molecule has 3 aliphatic rings. The van der Waals surface area contributed by atoms with E-state index in [0.717, 1.165) is 70.2 Å². The smallest absolute Gasteiger partial charge is 0.410 e. The van der Waals surface area contributed by atoms with Crippen molar-refractivity contribution in [3.63, 3.8) is 0 Å². The molecule has 5 aromatic carbocycles. The van der Waals surface area contributed by atoms with Gasteiger partial charge in [-0.25, -0.2) is 4.79 Å². The highest BCUT2D eigenvalue weighted by Crippen LogP contribution is 2.62. The minimum Gasteiger partial charge on any atom is -0.493 e. The minimum atomic E-state index is -1.47. The monoisotopic (exact) mass is 958 g/mol. The van der Waals surface area contributed by atoms with Crippen molar-refractivity contribution >= 4 is 45.9 Å². The number of benzene rings is 5. The van der Waals surface area contributed by atoms with Gasteiger partial charge in [-0.2, -0.15) is 0 Å². The van der Waals surface area contributed by atoms with Crippen LogP contribution in [0, 0.1) is 17.8 Å². The van der Waals surface area contributed by atoms with E-state index in [4.69, 9.17) is 40.5 Å². The van der Waals surface area contributed by atoms with Crippen LogP contribution in [0.4, 0.5) is 4.79 Å². The topological polar surface area (TPSA) is 119 Å². The van der Waals surface area contributed by atoms with Crippen LogP contribution in [0.2, 0.25) is 0 Å². The predicted octanol–water partition coefficient (Wildman–Crippen LogP) is 11.7. The van der Waals surface area contributed by atoms with Crippen molar-refractivity contribution in [2.75, 3.05) is 44.7 Å². The van der Waals surface area contributed by atoms with Crippen molar-refractivity contribution < 1.29 is 38.8 Å². The van der Waals surface area contributed by atoms with Crippen LogP contribution in [-0.2, 0) is 27.5 Å². The van der Waals surface area contributed by atoms with Crippen LogP contribution in [0.3, 0.4) is 0 Å². The maximum Gasteiger partial charge on any atom is 0.410 e. The molecule has 0 saturated heterocycles. The highest BCUT2D eigenvalue weighted by Gasteiger charge is 2.65. The summed E-state index contributed by atoms with van der Waals surface area (Å²) in [5.41, 5.74) is 4.54. The van der Waals surface area contributed by atoms with Gasteiger partial charge >= 0.3 is 6.09 Å². The fraction of sp³-hybridized carbons (Fsp3) is 0.393. The zero-order valence-corrected chi connectivity index (χ0v) is 40.2. The van der Waals surface area contributed by atoms with Gasteiger partial charge in [0.05, 0.1) is 37.3 Å². The Morgan fingerprint density at radius 1 is 0.897 bits per heavy atom. The van der Waals surface area contributed by atoms with Crippen molar-refractivity contribution in [1.82, 2.24) is 4.90 Å². The average molecular weight is 960 g/mol. The number of alkyl halides is 1. The van der Waals surface area contributed by atoms with Crippen LogP contribution in [0.5, 0.6) is 11.5 Å². The first-order chi connectivity index (χ1) is 33.5. The molecule has 6 unspecified atom stereocenters. The number of carbonyl (C=O) groups excluding carboxylic acids is 1. The number of allylic oxidation sites excluding steroid dienone is 1. The summed E-state index contributed by atoms with van der Waals surface area (Å²) in [6.45, 7) is 5.36. The molecule has 2 aliphatic carbocycles. The summed E-state index contributed by atoms with van der Waals surface area (Å²) >= 11 is 7.95. The average Bonchev–Trinajstić information content (AvgIpc) is 3.37. The molecule has 1 heterocycles. The summed E-state index contributed by atoms with van der Waals surface area (Å²) in [6.07, 6.45) is 8.35. The van der Waals surface area contributed by atoms with E-state index in [9.17, 15) is 15.0 Å². The van der Waals surface area contributed by atoms with E-state index in [0.29, 0.717) is 30.9 Å². The van der Waals surface area contributed by atoms with Crippen LogP contribution < -0.4 is 9.47 Å². The second kappa shape index (κ2) is 24.3. The van der Waals surface area contributed by atoms with Crippen molar-refractivity contribution in [1.29, 1.82) is 0 Å². The Bertz CT molecular complexity index is 2480. The quantitative estimate of drug-likeness (QED) is 0.0205. The molecule has 0 bridgehead atoms. The van der Waals surface area contributed by atoms with Gasteiger partial charge in [0.1, 0.15) is 30.8 Å². The van der Waals surface area contributed by atoms with E-state index in [2.05, 4.69) is 49.1 Å². The molecule has 1 fully saturated rings. The first-order valence-corrected chi connectivity index (χ1v) is 25.5. The normalized spacial score (nSPS) is 22.1.